The summed E-state index contributed by atoms with van der Waals surface area (Å²) in [5.74, 6) is -1.44. The van der Waals surface area contributed by atoms with Gasteiger partial charge in [0.05, 0.1) is 13.0 Å². The molecule has 116 valence electrons. The molecule has 21 heavy (non-hydrogen) atoms. The van der Waals surface area contributed by atoms with Gasteiger partial charge in [0.1, 0.15) is 6.61 Å². The predicted molar refractivity (Wildman–Crippen MR) is 80.2 cm³/mol. The zero-order valence-electron chi connectivity index (χ0n) is 10.9. The molecule has 2 N–H and O–H groups in total. The SMILES string of the molecule is O=C(CC(Cl)(Cl)Cl)N[C@@H](CO)C(=O)OCc1ccccc1. The fourth-order valence-electron chi connectivity index (χ4n) is 1.44. The van der Waals surface area contributed by atoms with Gasteiger partial charge in [-0.3, -0.25) is 4.79 Å². The summed E-state index contributed by atoms with van der Waals surface area (Å²) in [6.45, 7) is -0.574. The van der Waals surface area contributed by atoms with E-state index in [2.05, 4.69) is 5.32 Å². The van der Waals surface area contributed by atoms with Gasteiger partial charge in [0.2, 0.25) is 5.91 Å². The van der Waals surface area contributed by atoms with Gasteiger partial charge in [-0.1, -0.05) is 65.1 Å². The third kappa shape index (κ3) is 7.52. The van der Waals surface area contributed by atoms with Gasteiger partial charge in [0.15, 0.2) is 9.83 Å². The van der Waals surface area contributed by atoms with E-state index in [0.29, 0.717) is 0 Å². The van der Waals surface area contributed by atoms with Crippen LogP contribution < -0.4 is 5.32 Å². The number of esters is 1. The number of amides is 1. The maximum absolute atomic E-state index is 11.8. The molecule has 0 aliphatic carbocycles. The number of carbonyl (C=O) groups is 2. The Labute approximate surface area is 137 Å². The van der Waals surface area contributed by atoms with E-state index in [0.717, 1.165) is 5.56 Å². The number of carbonyl (C=O) groups excluding carboxylic acids is 2. The number of halogens is 3. The van der Waals surface area contributed by atoms with Crippen LogP contribution in [0.25, 0.3) is 0 Å². The van der Waals surface area contributed by atoms with E-state index < -0.39 is 34.7 Å². The fourth-order valence-corrected chi connectivity index (χ4v) is 1.80. The number of hydrogen-bond donors (Lipinski definition) is 2. The van der Waals surface area contributed by atoms with E-state index >= 15 is 0 Å². The number of nitrogens with one attached hydrogen (secondary N) is 1. The van der Waals surface area contributed by atoms with Crippen LogP contribution in [0.15, 0.2) is 30.3 Å². The molecule has 0 unspecified atom stereocenters. The molecule has 1 aromatic carbocycles. The lowest BCUT2D eigenvalue weighted by Crippen LogP contribution is -2.45. The van der Waals surface area contributed by atoms with Crippen molar-refractivity contribution in [2.45, 2.75) is 22.9 Å². The lowest BCUT2D eigenvalue weighted by molar-refractivity contribution is -0.150. The molecule has 1 rings (SSSR count). The molecule has 0 saturated carbocycles. The molecule has 5 nitrogen and oxygen atoms in total. The second kappa shape index (κ2) is 8.44. The molecule has 1 amide bonds. The molecule has 1 atom stereocenters. The van der Waals surface area contributed by atoms with Gasteiger partial charge in [-0.25, -0.2) is 4.79 Å². The molecule has 0 heterocycles. The Morgan fingerprint density at radius 2 is 1.86 bits per heavy atom. The van der Waals surface area contributed by atoms with Gasteiger partial charge in [-0.2, -0.15) is 0 Å². The third-order valence-electron chi connectivity index (χ3n) is 2.39. The smallest absolute Gasteiger partial charge is 0.331 e. The molecule has 0 bridgehead atoms. The summed E-state index contributed by atoms with van der Waals surface area (Å²) in [4.78, 5) is 23.3. The maximum atomic E-state index is 11.8. The highest BCUT2D eigenvalue weighted by atomic mass is 35.6. The van der Waals surface area contributed by atoms with E-state index in [-0.39, 0.29) is 6.61 Å². The minimum absolute atomic E-state index is 0.0382. The van der Waals surface area contributed by atoms with Gasteiger partial charge in [0.25, 0.3) is 0 Å². The van der Waals surface area contributed by atoms with Crippen LogP contribution >= 0.6 is 34.8 Å². The highest BCUT2D eigenvalue weighted by Crippen LogP contribution is 2.29. The van der Waals surface area contributed by atoms with E-state index in [1.807, 2.05) is 6.07 Å². The summed E-state index contributed by atoms with van der Waals surface area (Å²) >= 11 is 16.4. The highest BCUT2D eigenvalue weighted by Gasteiger charge is 2.28. The van der Waals surface area contributed by atoms with Gasteiger partial charge in [-0.15, -0.1) is 0 Å². The zero-order valence-corrected chi connectivity index (χ0v) is 13.2. The third-order valence-corrected chi connectivity index (χ3v) is 2.79. The van der Waals surface area contributed by atoms with Crippen LogP contribution in [0.2, 0.25) is 0 Å². The van der Waals surface area contributed by atoms with Gasteiger partial charge < -0.3 is 15.2 Å². The first-order valence-electron chi connectivity index (χ1n) is 5.99. The van der Waals surface area contributed by atoms with E-state index in [1.54, 1.807) is 24.3 Å². The second-order valence-corrected chi connectivity index (χ2v) is 6.70. The molecular weight excluding hydrogens is 341 g/mol. The quantitative estimate of drug-likeness (QED) is 0.605. The number of rotatable bonds is 6. The Hall–Kier alpha value is -1.01. The van der Waals surface area contributed by atoms with Crippen LogP contribution in [0.4, 0.5) is 0 Å². The summed E-state index contributed by atoms with van der Waals surface area (Å²) < 4.78 is 3.23. The Morgan fingerprint density at radius 3 is 2.38 bits per heavy atom. The maximum Gasteiger partial charge on any atom is 0.331 e. The van der Waals surface area contributed by atoms with Crippen LogP contribution in [0.1, 0.15) is 12.0 Å². The molecule has 8 heteroatoms. The number of aliphatic hydroxyl groups excluding tert-OH is 1. The number of aliphatic hydroxyl groups is 1. The van der Waals surface area contributed by atoms with Crippen LogP contribution in [0.5, 0.6) is 0 Å². The van der Waals surface area contributed by atoms with Crippen LogP contribution in [0.3, 0.4) is 0 Å². The van der Waals surface area contributed by atoms with Crippen molar-refractivity contribution in [1.82, 2.24) is 5.32 Å². The number of alkyl halides is 3. The summed E-state index contributed by atoms with van der Waals surface area (Å²) in [7, 11) is 0. The summed E-state index contributed by atoms with van der Waals surface area (Å²) in [6, 6.07) is 7.79. The van der Waals surface area contributed by atoms with E-state index in [4.69, 9.17) is 44.6 Å². The van der Waals surface area contributed by atoms with Gasteiger partial charge >= 0.3 is 5.97 Å². The average Bonchev–Trinajstić information content (AvgIpc) is 2.41. The Bertz CT molecular complexity index is 476. The first-order chi connectivity index (χ1) is 9.81. The molecule has 1 aromatic rings. The number of benzene rings is 1. The predicted octanol–water partition coefficient (Wildman–Crippen LogP) is 1.97. The lowest BCUT2D eigenvalue weighted by atomic mass is 10.2. The Balaban J connectivity index is 2.48. The number of hydrogen-bond acceptors (Lipinski definition) is 4. The molecule has 0 fully saturated rings. The fraction of sp³-hybridized carbons (Fsp3) is 0.385. The number of ether oxygens (including phenoxy) is 1. The van der Waals surface area contributed by atoms with Crippen molar-refractivity contribution in [2.75, 3.05) is 6.61 Å². The van der Waals surface area contributed by atoms with Crippen molar-refractivity contribution in [3.63, 3.8) is 0 Å². The normalized spacial score (nSPS) is 12.6. The van der Waals surface area contributed by atoms with E-state index in [9.17, 15) is 9.59 Å². The first-order valence-corrected chi connectivity index (χ1v) is 7.13. The molecule has 0 aliphatic rings. The van der Waals surface area contributed by atoms with Crippen LogP contribution in [-0.2, 0) is 20.9 Å². The van der Waals surface area contributed by atoms with Crippen molar-refractivity contribution in [2.24, 2.45) is 0 Å². The largest absolute Gasteiger partial charge is 0.459 e. The molecule has 0 spiro atoms. The van der Waals surface area contributed by atoms with Gasteiger partial charge in [-0.05, 0) is 5.56 Å². The summed E-state index contributed by atoms with van der Waals surface area (Å²) in [5, 5.41) is 11.4. The Morgan fingerprint density at radius 1 is 1.24 bits per heavy atom. The highest BCUT2D eigenvalue weighted by molar-refractivity contribution is 6.68. The van der Waals surface area contributed by atoms with Gasteiger partial charge in [0, 0.05) is 0 Å². The summed E-state index contributed by atoms with van der Waals surface area (Å²) in [5.41, 5.74) is 0.787. The standard InChI is InChI=1S/C13H14Cl3NO4/c14-13(15,16)6-11(19)17-10(7-18)12(20)21-8-9-4-2-1-3-5-9/h1-5,10,18H,6-8H2,(H,17,19)/t10-/m0/s1. The van der Waals surface area contributed by atoms with Crippen LogP contribution in [0, 0.1) is 0 Å². The van der Waals surface area contributed by atoms with Crippen molar-refractivity contribution in [3.8, 4) is 0 Å². The molecule has 0 aromatic heterocycles. The lowest BCUT2D eigenvalue weighted by Gasteiger charge is -2.17. The minimum Gasteiger partial charge on any atom is -0.459 e. The van der Waals surface area contributed by atoms with Crippen LogP contribution in [-0.4, -0.2) is 33.4 Å². The Kier molecular flexibility index (Phi) is 7.25. The van der Waals surface area contributed by atoms with E-state index in [1.165, 1.54) is 0 Å². The summed E-state index contributed by atoms with van der Waals surface area (Å²) in [6.07, 6.45) is -0.430. The first kappa shape index (κ1) is 18.0. The molecule has 0 aliphatic heterocycles. The monoisotopic (exact) mass is 353 g/mol. The zero-order chi connectivity index (χ0) is 15.9. The van der Waals surface area contributed by atoms with Crippen molar-refractivity contribution < 1.29 is 19.4 Å². The van der Waals surface area contributed by atoms with Crippen molar-refractivity contribution in [3.05, 3.63) is 35.9 Å². The topological polar surface area (TPSA) is 75.6 Å². The van der Waals surface area contributed by atoms with Crippen molar-refractivity contribution >= 4 is 46.7 Å². The molecular formula is C13H14Cl3NO4. The molecule has 0 saturated heterocycles. The van der Waals surface area contributed by atoms with Crippen molar-refractivity contribution in [1.29, 1.82) is 0 Å². The molecule has 0 radical (unpaired) electrons. The second-order valence-electron chi connectivity index (χ2n) is 4.19. The minimum atomic E-state index is -1.77. The average molecular weight is 355 g/mol.